The van der Waals surface area contributed by atoms with E-state index in [1.807, 2.05) is 12.1 Å². The Balaban J connectivity index is 1.13. The smallest absolute Gasteiger partial charge is 0.165 e. The summed E-state index contributed by atoms with van der Waals surface area (Å²) >= 11 is 1.79. The summed E-state index contributed by atoms with van der Waals surface area (Å²) in [6.45, 7) is 4.61. The van der Waals surface area contributed by atoms with Gasteiger partial charge in [0.15, 0.2) is 17.5 Å². The number of furan rings is 1. The summed E-state index contributed by atoms with van der Waals surface area (Å²) in [6, 6.07) is 53.6. The Kier molecular flexibility index (Phi) is 6.43. The van der Waals surface area contributed by atoms with Gasteiger partial charge in [-0.3, -0.25) is 0 Å². The van der Waals surface area contributed by atoms with Crippen molar-refractivity contribution in [2.45, 2.75) is 19.3 Å². The van der Waals surface area contributed by atoms with Gasteiger partial charge in [0.1, 0.15) is 11.2 Å². The second-order valence-corrected chi connectivity index (χ2v) is 15.5. The molecule has 0 spiro atoms. The van der Waals surface area contributed by atoms with Gasteiger partial charge in [-0.25, -0.2) is 15.0 Å². The molecule has 0 atom stereocenters. The van der Waals surface area contributed by atoms with Gasteiger partial charge in [-0.2, -0.15) is 0 Å². The van der Waals surface area contributed by atoms with E-state index in [1.165, 1.54) is 48.0 Å². The zero-order valence-electron chi connectivity index (χ0n) is 29.1. The van der Waals surface area contributed by atoms with Crippen molar-refractivity contribution in [1.82, 2.24) is 15.0 Å². The maximum atomic E-state index is 6.33. The fraction of sp³-hybridized carbons (Fsp3) is 0.0625. The first-order valence-corrected chi connectivity index (χ1v) is 18.7. The first kappa shape index (κ1) is 30.2. The summed E-state index contributed by atoms with van der Waals surface area (Å²) < 4.78 is 8.75. The van der Waals surface area contributed by atoms with Crippen LogP contribution in [-0.4, -0.2) is 15.0 Å². The highest BCUT2D eigenvalue weighted by Crippen LogP contribution is 2.49. The number of benzene rings is 7. The van der Waals surface area contributed by atoms with Crippen molar-refractivity contribution < 1.29 is 4.42 Å². The summed E-state index contributed by atoms with van der Waals surface area (Å²) in [4.78, 5) is 15.7. The molecule has 3 heterocycles. The van der Waals surface area contributed by atoms with Crippen molar-refractivity contribution in [3.05, 3.63) is 163 Å². The molecule has 0 fully saturated rings. The largest absolute Gasteiger partial charge is 0.456 e. The van der Waals surface area contributed by atoms with Gasteiger partial charge in [0.25, 0.3) is 0 Å². The highest BCUT2D eigenvalue weighted by Gasteiger charge is 2.35. The lowest BCUT2D eigenvalue weighted by atomic mass is 9.82. The average Bonchev–Trinajstić information content (AvgIpc) is 3.85. The van der Waals surface area contributed by atoms with E-state index in [-0.39, 0.29) is 5.41 Å². The first-order valence-electron chi connectivity index (χ1n) is 17.9. The molecule has 0 amide bonds. The Morgan fingerprint density at radius 1 is 0.434 bits per heavy atom. The van der Waals surface area contributed by atoms with Crippen molar-refractivity contribution in [1.29, 1.82) is 0 Å². The second-order valence-electron chi connectivity index (χ2n) is 14.4. The van der Waals surface area contributed by atoms with Crippen LogP contribution < -0.4 is 0 Å². The van der Waals surface area contributed by atoms with Gasteiger partial charge in [-0.05, 0) is 81.9 Å². The van der Waals surface area contributed by atoms with Crippen LogP contribution in [0.15, 0.2) is 156 Å². The Labute approximate surface area is 310 Å². The molecule has 3 aromatic heterocycles. The van der Waals surface area contributed by atoms with Gasteiger partial charge >= 0.3 is 0 Å². The van der Waals surface area contributed by atoms with E-state index in [0.29, 0.717) is 17.5 Å². The highest BCUT2D eigenvalue weighted by molar-refractivity contribution is 7.26. The number of hydrogen-bond acceptors (Lipinski definition) is 5. The molecule has 7 aromatic carbocycles. The van der Waals surface area contributed by atoms with Gasteiger partial charge < -0.3 is 4.42 Å². The van der Waals surface area contributed by atoms with Crippen LogP contribution in [0, 0.1) is 0 Å². The molecule has 0 bridgehead atoms. The number of aromatic nitrogens is 3. The molecule has 0 saturated heterocycles. The normalized spacial score (nSPS) is 13.2. The van der Waals surface area contributed by atoms with Gasteiger partial charge in [0.2, 0.25) is 0 Å². The minimum absolute atomic E-state index is 0.144. The molecule has 0 aliphatic heterocycles. The third-order valence-electron chi connectivity index (χ3n) is 11.0. The fourth-order valence-corrected chi connectivity index (χ4v) is 9.46. The Morgan fingerprint density at radius 2 is 1.04 bits per heavy atom. The Hall–Kier alpha value is -6.43. The van der Waals surface area contributed by atoms with E-state index < -0.39 is 0 Å². The van der Waals surface area contributed by atoms with E-state index >= 15 is 0 Å². The first-order chi connectivity index (χ1) is 26.0. The predicted molar refractivity (Wildman–Crippen MR) is 219 cm³/mol. The minimum atomic E-state index is -0.144. The molecule has 0 unspecified atom stereocenters. The molecule has 0 N–H and O–H groups in total. The topological polar surface area (TPSA) is 51.8 Å². The molecule has 4 nitrogen and oxygen atoms in total. The van der Waals surface area contributed by atoms with Crippen molar-refractivity contribution in [2.75, 3.05) is 0 Å². The second kappa shape index (κ2) is 11.3. The SMILES string of the molecule is CC1(C)c2ccccc2-c2ccc(-c3nc(-c4ccc5oc6ccc(-c7ccccc7)cc6c5c4)nc(-c4cccc5c4sc4ccccc45)n3)cc21. The minimum Gasteiger partial charge on any atom is -0.456 e. The van der Waals surface area contributed by atoms with Crippen LogP contribution in [0.2, 0.25) is 0 Å². The standard InChI is InChI=1S/C48H31N3OS/c1-48(2)39-17-8-6-13-32(39)33-22-19-31(27-40(33)48)46-49-45(50-47(51-46)36-16-10-15-35-34-14-7-9-18-43(34)53-44(35)36)30-21-24-42-38(26-30)37-25-29(20-23-41(37)52-42)28-11-4-3-5-12-28/h3-27H,1-2H3. The highest BCUT2D eigenvalue weighted by atomic mass is 32.1. The number of rotatable bonds is 4. The average molecular weight is 698 g/mol. The molecule has 0 radical (unpaired) electrons. The zero-order valence-corrected chi connectivity index (χ0v) is 29.9. The van der Waals surface area contributed by atoms with Gasteiger partial charge in [0.05, 0.1) is 0 Å². The molecule has 11 rings (SSSR count). The van der Waals surface area contributed by atoms with Gasteiger partial charge in [-0.1, -0.05) is 117 Å². The van der Waals surface area contributed by atoms with E-state index in [1.54, 1.807) is 11.3 Å². The van der Waals surface area contributed by atoms with Gasteiger partial charge in [0, 0.05) is 53.1 Å². The quantitative estimate of drug-likeness (QED) is 0.184. The van der Waals surface area contributed by atoms with Crippen molar-refractivity contribution in [3.8, 4) is 56.4 Å². The lowest BCUT2D eigenvalue weighted by Crippen LogP contribution is -2.15. The fourth-order valence-electron chi connectivity index (χ4n) is 8.25. The van der Waals surface area contributed by atoms with E-state index in [0.717, 1.165) is 44.2 Å². The van der Waals surface area contributed by atoms with Crippen LogP contribution in [0.3, 0.4) is 0 Å². The third kappa shape index (κ3) is 4.64. The van der Waals surface area contributed by atoms with Crippen LogP contribution in [0.25, 0.3) is 98.5 Å². The maximum Gasteiger partial charge on any atom is 0.165 e. The zero-order chi connectivity index (χ0) is 35.3. The molecule has 5 heteroatoms. The van der Waals surface area contributed by atoms with Crippen LogP contribution in [0.4, 0.5) is 0 Å². The van der Waals surface area contributed by atoms with Crippen LogP contribution >= 0.6 is 11.3 Å². The monoisotopic (exact) mass is 697 g/mol. The van der Waals surface area contributed by atoms with E-state index in [2.05, 4.69) is 153 Å². The van der Waals surface area contributed by atoms with Crippen LogP contribution in [0.5, 0.6) is 0 Å². The summed E-state index contributed by atoms with van der Waals surface area (Å²) in [5.74, 6) is 1.94. The molecule has 1 aliphatic rings. The molecule has 1 aliphatic carbocycles. The number of hydrogen-bond donors (Lipinski definition) is 0. The van der Waals surface area contributed by atoms with Crippen LogP contribution in [0.1, 0.15) is 25.0 Å². The maximum absolute atomic E-state index is 6.33. The lowest BCUT2D eigenvalue weighted by molar-refractivity contribution is 0.660. The van der Waals surface area contributed by atoms with Gasteiger partial charge in [-0.15, -0.1) is 11.3 Å². The summed E-state index contributed by atoms with van der Waals surface area (Å²) in [6.07, 6.45) is 0. The Morgan fingerprint density at radius 3 is 1.87 bits per heavy atom. The number of nitrogens with zero attached hydrogens (tertiary/aromatic N) is 3. The predicted octanol–water partition coefficient (Wildman–Crippen LogP) is 13.1. The molecule has 0 saturated carbocycles. The van der Waals surface area contributed by atoms with E-state index in [4.69, 9.17) is 19.4 Å². The summed E-state index contributed by atoms with van der Waals surface area (Å²) in [5.41, 5.74) is 11.9. The van der Waals surface area contributed by atoms with Crippen molar-refractivity contribution in [2.24, 2.45) is 0 Å². The van der Waals surface area contributed by atoms with Crippen molar-refractivity contribution in [3.63, 3.8) is 0 Å². The number of thiophene rings is 1. The number of fused-ring (bicyclic) bond motifs is 9. The van der Waals surface area contributed by atoms with E-state index in [9.17, 15) is 0 Å². The molecular formula is C48H31N3OS. The molecule has 53 heavy (non-hydrogen) atoms. The Bertz CT molecular complexity index is 3100. The lowest BCUT2D eigenvalue weighted by Gasteiger charge is -2.21. The molecular weight excluding hydrogens is 667 g/mol. The summed E-state index contributed by atoms with van der Waals surface area (Å²) in [5, 5.41) is 4.55. The van der Waals surface area contributed by atoms with Crippen LogP contribution in [-0.2, 0) is 5.41 Å². The van der Waals surface area contributed by atoms with Crippen molar-refractivity contribution >= 4 is 53.4 Å². The molecule has 10 aromatic rings. The summed E-state index contributed by atoms with van der Waals surface area (Å²) in [7, 11) is 0. The molecule has 250 valence electrons. The third-order valence-corrected chi connectivity index (χ3v) is 12.2.